The number of likely N-dealkylation sites (tertiary alicyclic amines) is 1. The molecule has 4 rings (SSSR count). The number of fused-ring (bicyclic) bond motifs is 1. The third kappa shape index (κ3) is 6.46. The van der Waals surface area contributed by atoms with Gasteiger partial charge in [0.15, 0.2) is 0 Å². The van der Waals surface area contributed by atoms with Gasteiger partial charge in [-0.1, -0.05) is 38.1 Å². The Kier molecular flexibility index (Phi) is 9.10. The van der Waals surface area contributed by atoms with Crippen molar-refractivity contribution < 1.29 is 14.6 Å². The van der Waals surface area contributed by atoms with Crippen molar-refractivity contribution >= 4 is 16.9 Å². The van der Waals surface area contributed by atoms with Crippen LogP contribution in [0, 0.1) is 6.92 Å². The Labute approximate surface area is 197 Å². The number of aryl methyl sites for hydroxylation is 1. The van der Waals surface area contributed by atoms with Crippen LogP contribution in [-0.2, 0) is 11.3 Å². The van der Waals surface area contributed by atoms with Gasteiger partial charge in [-0.25, -0.2) is 4.79 Å². The molecule has 3 aromatic rings. The number of benzene rings is 2. The average molecular weight is 451 g/mol. The lowest BCUT2D eigenvalue weighted by Gasteiger charge is -2.33. The van der Waals surface area contributed by atoms with Crippen LogP contribution >= 0.6 is 0 Å². The molecule has 1 fully saturated rings. The van der Waals surface area contributed by atoms with Gasteiger partial charge in [0.1, 0.15) is 0 Å². The number of rotatable bonds is 7. The molecule has 1 aliphatic rings. The van der Waals surface area contributed by atoms with Crippen molar-refractivity contribution in [2.75, 3.05) is 19.7 Å². The van der Waals surface area contributed by atoms with Crippen molar-refractivity contribution in [3.05, 3.63) is 70.9 Å². The van der Waals surface area contributed by atoms with E-state index in [1.807, 2.05) is 0 Å². The van der Waals surface area contributed by atoms with Crippen LogP contribution in [-0.4, -0.2) is 46.8 Å². The molecular formula is C28H38N2O3. The zero-order valence-corrected chi connectivity index (χ0v) is 20.4. The minimum Gasteiger partial charge on any atom is -0.478 e. The van der Waals surface area contributed by atoms with Crippen LogP contribution in [0.3, 0.4) is 0 Å². The summed E-state index contributed by atoms with van der Waals surface area (Å²) in [5.41, 5.74) is 6.07. The van der Waals surface area contributed by atoms with E-state index in [0.29, 0.717) is 17.6 Å². The summed E-state index contributed by atoms with van der Waals surface area (Å²) < 4.78 is 5.80. The molecule has 2 N–H and O–H groups in total. The second-order valence-electron chi connectivity index (χ2n) is 8.94. The molecule has 0 saturated carbocycles. The monoisotopic (exact) mass is 450 g/mol. The minimum absolute atomic E-state index is 0.331. The summed E-state index contributed by atoms with van der Waals surface area (Å²) in [5, 5.41) is 9.80. The van der Waals surface area contributed by atoms with E-state index in [1.165, 1.54) is 34.0 Å². The largest absolute Gasteiger partial charge is 0.478 e. The Morgan fingerprint density at radius 1 is 1.18 bits per heavy atom. The molecule has 178 valence electrons. The summed E-state index contributed by atoms with van der Waals surface area (Å²) in [6, 6.07) is 13.0. The van der Waals surface area contributed by atoms with E-state index in [2.05, 4.69) is 55.9 Å². The predicted octanol–water partition coefficient (Wildman–Crippen LogP) is 6.38. The highest BCUT2D eigenvalue weighted by Crippen LogP contribution is 2.33. The number of ether oxygens (including phenoxy) is 1. The van der Waals surface area contributed by atoms with E-state index in [0.717, 1.165) is 39.1 Å². The number of nitrogens with zero attached hydrogens (tertiary/aromatic N) is 1. The van der Waals surface area contributed by atoms with E-state index < -0.39 is 5.97 Å². The van der Waals surface area contributed by atoms with Crippen LogP contribution in [0.2, 0.25) is 0 Å². The first-order chi connectivity index (χ1) is 15.9. The molecule has 0 aliphatic carbocycles. The Bertz CT molecular complexity index is 1020. The van der Waals surface area contributed by atoms with Gasteiger partial charge in [-0.3, -0.25) is 4.90 Å². The second kappa shape index (κ2) is 12.0. The zero-order chi connectivity index (χ0) is 23.8. The molecule has 0 bridgehead atoms. The van der Waals surface area contributed by atoms with E-state index >= 15 is 0 Å². The molecule has 33 heavy (non-hydrogen) atoms. The Hall–Kier alpha value is -2.63. The quantitative estimate of drug-likeness (QED) is 0.439. The average Bonchev–Trinajstić information content (AvgIpc) is 3.33. The topological polar surface area (TPSA) is 65.6 Å². The fourth-order valence-electron chi connectivity index (χ4n) is 4.61. The van der Waals surface area contributed by atoms with Crippen molar-refractivity contribution in [3.8, 4) is 0 Å². The Morgan fingerprint density at radius 3 is 2.45 bits per heavy atom. The normalized spacial score (nSPS) is 15.8. The minimum atomic E-state index is -0.879. The van der Waals surface area contributed by atoms with Crippen LogP contribution in [0.4, 0.5) is 0 Å². The van der Waals surface area contributed by atoms with Crippen molar-refractivity contribution in [2.24, 2.45) is 0 Å². The molecule has 1 aromatic heterocycles. The van der Waals surface area contributed by atoms with Gasteiger partial charge in [-0.15, -0.1) is 0 Å². The summed E-state index contributed by atoms with van der Waals surface area (Å²) in [5.74, 6) is -0.269. The highest BCUT2D eigenvalue weighted by atomic mass is 16.5. The molecule has 1 unspecified atom stereocenters. The van der Waals surface area contributed by atoms with Crippen LogP contribution < -0.4 is 0 Å². The van der Waals surface area contributed by atoms with E-state index in [-0.39, 0.29) is 0 Å². The van der Waals surface area contributed by atoms with Gasteiger partial charge >= 0.3 is 5.97 Å². The molecule has 0 radical (unpaired) electrons. The number of H-pyrrole nitrogens is 1. The van der Waals surface area contributed by atoms with Crippen molar-refractivity contribution in [2.45, 2.75) is 65.5 Å². The second-order valence-corrected chi connectivity index (χ2v) is 8.94. The number of piperidine rings is 1. The summed E-state index contributed by atoms with van der Waals surface area (Å²) in [4.78, 5) is 16.2. The van der Waals surface area contributed by atoms with Crippen LogP contribution in [0.25, 0.3) is 10.9 Å². The molecule has 0 amide bonds. The summed E-state index contributed by atoms with van der Waals surface area (Å²) in [6.07, 6.45) is 6.06. The molecule has 5 nitrogen and oxygen atoms in total. The molecule has 0 spiro atoms. The van der Waals surface area contributed by atoms with E-state index in [4.69, 9.17) is 9.84 Å². The molecule has 2 aromatic carbocycles. The Balaban J connectivity index is 0.000000286. The van der Waals surface area contributed by atoms with Gasteiger partial charge in [0.2, 0.25) is 0 Å². The van der Waals surface area contributed by atoms with Gasteiger partial charge in [0.25, 0.3) is 0 Å². The number of carboxylic acid groups (broad SMARTS) is 1. The van der Waals surface area contributed by atoms with Crippen LogP contribution in [0.5, 0.6) is 0 Å². The van der Waals surface area contributed by atoms with Crippen molar-refractivity contribution in [1.29, 1.82) is 0 Å². The number of aromatic nitrogens is 1. The van der Waals surface area contributed by atoms with Gasteiger partial charge < -0.3 is 14.8 Å². The number of carbonyl (C=O) groups is 1. The van der Waals surface area contributed by atoms with Gasteiger partial charge in [-0.05, 0) is 73.9 Å². The SMILES string of the molecule is CCOC1CCN(Cc2c(C(C)CC)cc(C)c3[nH]ccc23)CC1.O=C(O)c1ccccc1. The van der Waals surface area contributed by atoms with E-state index in [1.54, 1.807) is 30.3 Å². The van der Waals surface area contributed by atoms with Gasteiger partial charge in [0, 0.05) is 43.3 Å². The summed E-state index contributed by atoms with van der Waals surface area (Å²) in [6.45, 7) is 13.2. The van der Waals surface area contributed by atoms with Gasteiger partial charge in [0.05, 0.1) is 11.7 Å². The maximum absolute atomic E-state index is 10.2. The summed E-state index contributed by atoms with van der Waals surface area (Å²) in [7, 11) is 0. The molecule has 2 heterocycles. The highest BCUT2D eigenvalue weighted by Gasteiger charge is 2.22. The van der Waals surface area contributed by atoms with Crippen molar-refractivity contribution in [3.63, 3.8) is 0 Å². The Morgan fingerprint density at radius 2 is 1.88 bits per heavy atom. The number of hydrogen-bond acceptors (Lipinski definition) is 3. The first-order valence-electron chi connectivity index (χ1n) is 12.2. The first-order valence-corrected chi connectivity index (χ1v) is 12.2. The number of aromatic carboxylic acids is 1. The highest BCUT2D eigenvalue weighted by molar-refractivity contribution is 5.87. The number of nitrogens with one attached hydrogen (secondary N) is 1. The molecule has 1 saturated heterocycles. The summed E-state index contributed by atoms with van der Waals surface area (Å²) >= 11 is 0. The zero-order valence-electron chi connectivity index (χ0n) is 20.4. The molecule has 5 heteroatoms. The maximum Gasteiger partial charge on any atom is 0.335 e. The number of hydrogen-bond donors (Lipinski definition) is 2. The third-order valence-electron chi connectivity index (χ3n) is 6.67. The van der Waals surface area contributed by atoms with Gasteiger partial charge in [-0.2, -0.15) is 0 Å². The predicted molar refractivity (Wildman–Crippen MR) is 135 cm³/mol. The fourth-order valence-corrected chi connectivity index (χ4v) is 4.61. The molecule has 1 atom stereocenters. The lowest BCUT2D eigenvalue weighted by atomic mass is 9.89. The fraction of sp³-hybridized carbons (Fsp3) is 0.464. The number of carboxylic acids is 1. The van der Waals surface area contributed by atoms with Crippen LogP contribution in [0.1, 0.15) is 73.0 Å². The first kappa shape index (κ1) is 25.0. The smallest absolute Gasteiger partial charge is 0.335 e. The third-order valence-corrected chi connectivity index (χ3v) is 6.67. The standard InChI is InChI=1S/C21H32N2O.C7H6O2/c1-5-15(3)19-13-16(4)21-18(7-10-22-21)20(19)14-23-11-8-17(9-12-23)24-6-2;8-7(9)6-4-2-1-3-5-6/h7,10,13,15,17,22H,5-6,8-9,11-12,14H2,1-4H3;1-5H,(H,8,9). The molecule has 1 aliphatic heterocycles. The van der Waals surface area contributed by atoms with Crippen LogP contribution in [0.15, 0.2) is 48.7 Å². The van der Waals surface area contributed by atoms with E-state index in [9.17, 15) is 4.79 Å². The maximum atomic E-state index is 10.2. The van der Waals surface area contributed by atoms with Crippen molar-refractivity contribution in [1.82, 2.24) is 9.88 Å². The molecular weight excluding hydrogens is 412 g/mol. The lowest BCUT2D eigenvalue weighted by molar-refractivity contribution is 0.0125. The lowest BCUT2D eigenvalue weighted by Crippen LogP contribution is -2.36. The number of aromatic amines is 1.